The molecule has 9 heavy (non-hydrogen) atoms. The van der Waals surface area contributed by atoms with E-state index in [1.165, 1.54) is 0 Å². The second kappa shape index (κ2) is 3.68. The van der Waals surface area contributed by atoms with E-state index in [4.69, 9.17) is 33.2 Å². The largest absolute Gasteiger partial charge is 0.346 e. The lowest BCUT2D eigenvalue weighted by Crippen LogP contribution is -2.24. The summed E-state index contributed by atoms with van der Waals surface area (Å²) in [7, 11) is 0. The summed E-state index contributed by atoms with van der Waals surface area (Å²) < 4.78 is 0. The van der Waals surface area contributed by atoms with Gasteiger partial charge >= 0.3 is 6.00 Å². The summed E-state index contributed by atoms with van der Waals surface area (Å²) >= 11 is 17.0. The zero-order valence-electron chi connectivity index (χ0n) is 5.54. The van der Waals surface area contributed by atoms with Gasteiger partial charge in [0.2, 0.25) is 0 Å². The van der Waals surface area contributed by atoms with Gasteiger partial charge in [-0.25, -0.2) is 0 Å². The Balaban J connectivity index is 0. The van der Waals surface area contributed by atoms with Crippen LogP contribution in [0, 0.1) is 0 Å². The summed E-state index contributed by atoms with van der Waals surface area (Å²) in [4.78, 5) is 0. The number of rotatable bonds is 0. The van der Waals surface area contributed by atoms with E-state index in [-0.39, 0.29) is 17.4 Å². The van der Waals surface area contributed by atoms with Crippen LogP contribution in [0.3, 0.4) is 0 Å². The quantitative estimate of drug-likeness (QED) is 0.436. The lowest BCUT2D eigenvalue weighted by molar-refractivity contribution is 0.754. The Labute approximate surface area is 77.4 Å². The van der Waals surface area contributed by atoms with Gasteiger partial charge in [0.05, 0.1) is 0 Å². The van der Waals surface area contributed by atoms with E-state index in [0.717, 1.165) is 0 Å². The zero-order chi connectivity index (χ0) is 7.00. The van der Waals surface area contributed by atoms with Crippen LogP contribution in [0.15, 0.2) is 0 Å². The summed E-state index contributed by atoms with van der Waals surface area (Å²) in [5.41, 5.74) is 0. The van der Waals surface area contributed by atoms with Gasteiger partial charge in [0.25, 0.3) is 0 Å². The molecule has 0 rings (SSSR count). The smallest absolute Gasteiger partial charge is 0.147 e. The molecule has 0 spiro atoms. The minimum Gasteiger partial charge on any atom is -0.147 e. The highest BCUT2D eigenvalue weighted by Crippen LogP contribution is 2.44. The van der Waals surface area contributed by atoms with Gasteiger partial charge in [-0.15, -0.1) is 45.6 Å². The third-order valence-electron chi connectivity index (χ3n) is 0.850. The average Bonchev–Trinajstić information content (AvgIpc) is 1.25. The first-order valence-electron chi connectivity index (χ1n) is 2.32. The Morgan fingerprint density at radius 3 is 1.11 bits per heavy atom. The molecule has 0 nitrogen and oxygen atoms in total. The highest BCUT2D eigenvalue weighted by molar-refractivity contribution is 7.65. The third kappa shape index (κ3) is 4.74. The van der Waals surface area contributed by atoms with E-state index in [1.54, 1.807) is 0 Å². The minimum atomic E-state index is -2.44. The van der Waals surface area contributed by atoms with Gasteiger partial charge in [-0.05, 0) is 5.04 Å². The first-order valence-corrected chi connectivity index (χ1v) is 7.35. The molecule has 0 saturated heterocycles. The van der Waals surface area contributed by atoms with E-state index in [0.29, 0.717) is 0 Å². The average molecular weight is 228 g/mol. The monoisotopic (exact) mass is 226 g/mol. The highest BCUT2D eigenvalue weighted by Gasteiger charge is 2.40. The van der Waals surface area contributed by atoms with Crippen LogP contribution in [0.25, 0.3) is 0 Å². The molecule has 0 aliphatic carbocycles. The maximum atomic E-state index is 5.68. The van der Waals surface area contributed by atoms with Crippen molar-refractivity contribution in [3.8, 4) is 0 Å². The van der Waals surface area contributed by atoms with Gasteiger partial charge in [-0.2, -0.15) is 0 Å². The standard InChI is InChI=1S/C4H9Cl3Si.ClH/c1-4(2,3)8(5,6)7;/h1-3H3;1H. The molecule has 0 aromatic carbocycles. The molecule has 0 saturated carbocycles. The molecule has 58 valence electrons. The summed E-state index contributed by atoms with van der Waals surface area (Å²) in [6.45, 7) is 5.81. The minimum absolute atomic E-state index is 0. The Hall–Kier alpha value is 1.38. The zero-order valence-corrected chi connectivity index (χ0v) is 9.63. The summed E-state index contributed by atoms with van der Waals surface area (Å²) in [5.74, 6) is 0. The van der Waals surface area contributed by atoms with Crippen molar-refractivity contribution in [3.05, 3.63) is 0 Å². The molecule has 0 heterocycles. The van der Waals surface area contributed by atoms with Gasteiger partial charge in [0.15, 0.2) is 0 Å². The highest BCUT2D eigenvalue weighted by atomic mass is 35.8. The van der Waals surface area contributed by atoms with Crippen LogP contribution >= 0.6 is 45.6 Å². The van der Waals surface area contributed by atoms with Crippen molar-refractivity contribution >= 4 is 51.6 Å². The van der Waals surface area contributed by atoms with Crippen molar-refractivity contribution in [3.63, 3.8) is 0 Å². The fraction of sp³-hybridized carbons (Fsp3) is 1.00. The fourth-order valence-corrected chi connectivity index (χ4v) is 0. The predicted octanol–water partition coefficient (Wildman–Crippen LogP) is 3.86. The van der Waals surface area contributed by atoms with Crippen LogP contribution in [0.2, 0.25) is 5.04 Å². The van der Waals surface area contributed by atoms with Gasteiger partial charge in [0, 0.05) is 0 Å². The molecular formula is C4H10Cl4Si. The van der Waals surface area contributed by atoms with Crippen LogP contribution in [0.4, 0.5) is 0 Å². The Bertz CT molecular complexity index is 67.5. The van der Waals surface area contributed by atoms with Crippen LogP contribution in [-0.2, 0) is 0 Å². The molecule has 0 aliphatic rings. The molecule has 0 aliphatic heterocycles. The van der Waals surface area contributed by atoms with E-state index in [1.807, 2.05) is 20.8 Å². The number of hydrogen-bond acceptors (Lipinski definition) is 0. The Kier molecular flexibility index (Phi) is 5.31. The molecule has 0 fully saturated rings. The molecule has 0 aromatic rings. The first-order chi connectivity index (χ1) is 3.25. The SMILES string of the molecule is CC(C)(C)[Si](Cl)(Cl)Cl.Cl. The molecule has 0 bridgehead atoms. The van der Waals surface area contributed by atoms with Gasteiger partial charge < -0.3 is 0 Å². The first kappa shape index (κ1) is 13.0. The van der Waals surface area contributed by atoms with Gasteiger partial charge in [-0.1, -0.05) is 20.8 Å². The third-order valence-corrected chi connectivity index (χ3v) is 7.65. The Morgan fingerprint density at radius 1 is 1.00 bits per heavy atom. The van der Waals surface area contributed by atoms with Crippen molar-refractivity contribution in [1.82, 2.24) is 0 Å². The molecule has 0 aromatic heterocycles. The molecule has 5 heteroatoms. The van der Waals surface area contributed by atoms with Gasteiger partial charge in [0.1, 0.15) is 0 Å². The fourth-order valence-electron chi connectivity index (χ4n) is 0. The summed E-state index contributed by atoms with van der Waals surface area (Å²) in [6.07, 6.45) is 0. The van der Waals surface area contributed by atoms with Crippen LogP contribution in [-0.4, -0.2) is 6.00 Å². The summed E-state index contributed by atoms with van der Waals surface area (Å²) in [6, 6.07) is -2.44. The van der Waals surface area contributed by atoms with E-state index in [9.17, 15) is 0 Å². The van der Waals surface area contributed by atoms with Crippen molar-refractivity contribution in [1.29, 1.82) is 0 Å². The molecule has 0 unspecified atom stereocenters. The Morgan fingerprint density at radius 2 is 1.11 bits per heavy atom. The van der Waals surface area contributed by atoms with Crippen LogP contribution in [0.5, 0.6) is 0 Å². The maximum absolute atomic E-state index is 5.68. The lowest BCUT2D eigenvalue weighted by atomic mass is 10.3. The van der Waals surface area contributed by atoms with Crippen molar-refractivity contribution < 1.29 is 0 Å². The number of hydrogen-bond donors (Lipinski definition) is 0. The lowest BCUT2D eigenvalue weighted by Gasteiger charge is -2.24. The predicted molar refractivity (Wildman–Crippen MR) is 50.3 cm³/mol. The molecular weight excluding hydrogens is 218 g/mol. The van der Waals surface area contributed by atoms with Gasteiger partial charge in [-0.3, -0.25) is 0 Å². The van der Waals surface area contributed by atoms with E-state index in [2.05, 4.69) is 0 Å². The molecule has 0 N–H and O–H groups in total. The van der Waals surface area contributed by atoms with E-state index < -0.39 is 6.00 Å². The molecule has 0 radical (unpaired) electrons. The molecule has 0 amide bonds. The van der Waals surface area contributed by atoms with Crippen LogP contribution in [0.1, 0.15) is 20.8 Å². The topological polar surface area (TPSA) is 0 Å². The normalized spacial score (nSPS) is 12.7. The van der Waals surface area contributed by atoms with Crippen molar-refractivity contribution in [2.75, 3.05) is 0 Å². The van der Waals surface area contributed by atoms with Crippen molar-refractivity contribution in [2.45, 2.75) is 25.8 Å². The van der Waals surface area contributed by atoms with E-state index >= 15 is 0 Å². The van der Waals surface area contributed by atoms with Crippen LogP contribution < -0.4 is 0 Å². The maximum Gasteiger partial charge on any atom is 0.346 e. The van der Waals surface area contributed by atoms with Crippen molar-refractivity contribution in [2.24, 2.45) is 0 Å². The molecule has 0 atom stereocenters. The second-order valence-corrected chi connectivity index (χ2v) is 12.1. The summed E-state index contributed by atoms with van der Waals surface area (Å²) in [5, 5.41) is -0.127. The number of halogens is 4. The second-order valence-electron chi connectivity index (χ2n) is 2.75.